The summed E-state index contributed by atoms with van der Waals surface area (Å²) in [7, 11) is 0. The molecule has 0 aliphatic carbocycles. The molecule has 2 aromatic rings. The van der Waals surface area contributed by atoms with Crippen molar-refractivity contribution in [3.05, 3.63) is 71.8 Å². The van der Waals surface area contributed by atoms with Gasteiger partial charge in [-0.3, -0.25) is 0 Å². The van der Waals surface area contributed by atoms with Crippen molar-refractivity contribution >= 4 is 95.6 Å². The second-order valence-electron chi connectivity index (χ2n) is 4.90. The van der Waals surface area contributed by atoms with E-state index in [-0.39, 0.29) is 0 Å². The average molecular weight is 684 g/mol. The molecule has 2 rings (SSSR count). The van der Waals surface area contributed by atoms with Crippen LogP contribution in [0.2, 0.25) is 0 Å². The number of benzene rings is 2. The second-order valence-corrected chi connectivity index (χ2v) is 16.5. The summed E-state index contributed by atoms with van der Waals surface area (Å²) in [4.78, 5) is 0. The van der Waals surface area contributed by atoms with Crippen molar-refractivity contribution in [1.82, 2.24) is 0 Å². The Labute approximate surface area is 181 Å². The van der Waals surface area contributed by atoms with Gasteiger partial charge in [0.25, 0.3) is 0 Å². The lowest BCUT2D eigenvalue weighted by atomic mass is 9.89. The minimum Gasteiger partial charge on any atom is -0.0771 e. The van der Waals surface area contributed by atoms with Crippen molar-refractivity contribution in [3.63, 3.8) is 0 Å². The fourth-order valence-electron chi connectivity index (χ4n) is 2.20. The van der Waals surface area contributed by atoms with E-state index in [1.54, 1.807) is 0 Å². The summed E-state index contributed by atoms with van der Waals surface area (Å²) in [6.45, 7) is 0. The molecule has 0 saturated heterocycles. The molecule has 6 heteroatoms. The molecule has 1 atom stereocenters. The molecule has 0 fully saturated rings. The topological polar surface area (TPSA) is 0 Å². The Morgan fingerprint density at radius 1 is 0.636 bits per heavy atom. The van der Waals surface area contributed by atoms with Gasteiger partial charge in [-0.2, -0.15) is 0 Å². The van der Waals surface area contributed by atoms with E-state index in [2.05, 4.69) is 132 Å². The van der Waals surface area contributed by atoms with Gasteiger partial charge >= 0.3 is 0 Å². The van der Waals surface area contributed by atoms with E-state index in [0.717, 1.165) is 12.0 Å². The smallest absolute Gasteiger partial charge is 0.0771 e. The fourth-order valence-corrected chi connectivity index (χ4v) is 5.64. The van der Waals surface area contributed by atoms with Crippen LogP contribution in [0.25, 0.3) is 0 Å². The molecule has 118 valence electrons. The van der Waals surface area contributed by atoms with Gasteiger partial charge in [0.2, 0.25) is 0 Å². The normalized spacial score (nSPS) is 15.4. The second kappa shape index (κ2) is 7.69. The first-order valence-electron chi connectivity index (χ1n) is 6.41. The molecule has 0 saturated carbocycles. The molecule has 1 unspecified atom stereocenters. The van der Waals surface area contributed by atoms with Crippen molar-refractivity contribution in [2.75, 3.05) is 0 Å². The third kappa shape index (κ3) is 4.10. The fraction of sp³-hybridized carbons (Fsp3) is 0.250. The highest BCUT2D eigenvalue weighted by Gasteiger charge is 2.58. The Bertz CT molecular complexity index is 606. The maximum absolute atomic E-state index is 4.00. The van der Waals surface area contributed by atoms with Crippen LogP contribution >= 0.6 is 95.6 Å². The van der Waals surface area contributed by atoms with Gasteiger partial charge in [-0.25, -0.2) is 0 Å². The highest BCUT2D eigenvalue weighted by molar-refractivity contribution is 9.41. The first kappa shape index (κ1) is 19.6. The van der Waals surface area contributed by atoms with Crippen LogP contribution in [0.3, 0.4) is 0 Å². The lowest BCUT2D eigenvalue weighted by molar-refractivity contribution is 0.600. The van der Waals surface area contributed by atoms with Crippen molar-refractivity contribution in [1.29, 1.82) is 0 Å². The lowest BCUT2D eigenvalue weighted by Gasteiger charge is -2.44. The van der Waals surface area contributed by atoms with Crippen LogP contribution in [0.5, 0.6) is 0 Å². The molecule has 0 bridgehead atoms. The first-order valence-corrected chi connectivity index (χ1v) is 11.2. The predicted octanol–water partition coefficient (Wildman–Crippen LogP) is 7.84. The van der Waals surface area contributed by atoms with E-state index in [1.807, 2.05) is 24.3 Å². The summed E-state index contributed by atoms with van der Waals surface area (Å²) in [5, 5.41) is 0. The molecule has 0 aliphatic heterocycles. The standard InChI is InChI=1S/C16H12Br6/c17-14(13-9-5-2-6-10-13,15(18,19)16(20,21)22)11-12-7-3-1-4-8-12/h1-10H,11H2. The molecular weight excluding hydrogens is 672 g/mol. The van der Waals surface area contributed by atoms with E-state index < -0.39 is 9.70 Å². The molecule has 0 amide bonds. The van der Waals surface area contributed by atoms with Gasteiger partial charge in [0.15, 0.2) is 2.14 Å². The van der Waals surface area contributed by atoms with Crippen LogP contribution in [-0.2, 0) is 10.7 Å². The zero-order valence-electron chi connectivity index (χ0n) is 11.2. The van der Waals surface area contributed by atoms with Gasteiger partial charge in [0, 0.05) is 0 Å². The van der Waals surface area contributed by atoms with E-state index in [0.29, 0.717) is 0 Å². The van der Waals surface area contributed by atoms with E-state index in [1.165, 1.54) is 5.56 Å². The van der Waals surface area contributed by atoms with Crippen LogP contribution in [0.4, 0.5) is 0 Å². The van der Waals surface area contributed by atoms with E-state index in [9.17, 15) is 0 Å². The summed E-state index contributed by atoms with van der Waals surface area (Å²) in [5.74, 6) is 0. The number of hydrogen-bond donors (Lipinski definition) is 0. The number of halogens is 6. The molecule has 22 heavy (non-hydrogen) atoms. The van der Waals surface area contributed by atoms with Gasteiger partial charge in [-0.1, -0.05) is 156 Å². The van der Waals surface area contributed by atoms with Crippen molar-refractivity contribution in [2.45, 2.75) is 16.1 Å². The highest BCUT2D eigenvalue weighted by Crippen LogP contribution is 2.64. The summed E-state index contributed by atoms with van der Waals surface area (Å²) in [5.41, 5.74) is 2.40. The maximum atomic E-state index is 4.00. The Balaban J connectivity index is 2.55. The van der Waals surface area contributed by atoms with Crippen LogP contribution in [-0.4, -0.2) is 5.38 Å². The Hall–Kier alpha value is 1.32. The average Bonchev–Trinajstić information content (AvgIpc) is 2.48. The maximum Gasteiger partial charge on any atom is 0.161 e. The molecule has 0 heterocycles. The lowest BCUT2D eigenvalue weighted by Crippen LogP contribution is -2.47. The molecule has 0 spiro atoms. The summed E-state index contributed by atoms with van der Waals surface area (Å²) in [6.07, 6.45) is 0.791. The third-order valence-corrected chi connectivity index (χ3v) is 13.3. The van der Waals surface area contributed by atoms with Gasteiger partial charge in [-0.15, -0.1) is 0 Å². The van der Waals surface area contributed by atoms with E-state index in [4.69, 9.17) is 0 Å². The van der Waals surface area contributed by atoms with Gasteiger partial charge in [0.05, 0.1) is 4.32 Å². The predicted molar refractivity (Wildman–Crippen MR) is 117 cm³/mol. The number of hydrogen-bond acceptors (Lipinski definition) is 0. The Morgan fingerprint density at radius 2 is 1.09 bits per heavy atom. The largest absolute Gasteiger partial charge is 0.161 e. The monoisotopic (exact) mass is 678 g/mol. The number of rotatable bonds is 4. The minimum absolute atomic E-state index is 0.418. The molecule has 0 nitrogen and oxygen atoms in total. The summed E-state index contributed by atoms with van der Waals surface area (Å²) >= 11 is 22.7. The minimum atomic E-state index is -0.561. The SMILES string of the molecule is BrC(Br)(Br)C(Br)(Br)C(Br)(Cc1ccccc1)c1ccccc1. The highest BCUT2D eigenvalue weighted by atomic mass is 80.0. The van der Waals surface area contributed by atoms with Crippen LogP contribution in [0, 0.1) is 0 Å². The molecule has 0 N–H and O–H groups in total. The molecule has 2 aromatic carbocycles. The third-order valence-electron chi connectivity index (χ3n) is 3.38. The molecule has 0 aromatic heterocycles. The summed E-state index contributed by atoms with van der Waals surface area (Å²) < 4.78 is -1.54. The van der Waals surface area contributed by atoms with E-state index >= 15 is 0 Å². The van der Waals surface area contributed by atoms with Crippen LogP contribution in [0.15, 0.2) is 60.7 Å². The molecule has 0 radical (unpaired) electrons. The zero-order chi connectivity index (χ0) is 16.4. The molecular formula is C16H12Br6. The van der Waals surface area contributed by atoms with Crippen molar-refractivity contribution in [2.24, 2.45) is 0 Å². The number of alkyl halides is 6. The van der Waals surface area contributed by atoms with Crippen molar-refractivity contribution in [3.8, 4) is 0 Å². The van der Waals surface area contributed by atoms with Crippen LogP contribution in [0.1, 0.15) is 11.1 Å². The summed E-state index contributed by atoms with van der Waals surface area (Å²) in [6, 6.07) is 20.8. The van der Waals surface area contributed by atoms with Gasteiger partial charge in [-0.05, 0) is 17.5 Å². The quantitative estimate of drug-likeness (QED) is 0.288. The zero-order valence-corrected chi connectivity index (χ0v) is 20.8. The van der Waals surface area contributed by atoms with Crippen LogP contribution < -0.4 is 0 Å². The van der Waals surface area contributed by atoms with Gasteiger partial charge in [0.1, 0.15) is 3.23 Å². The molecule has 0 aliphatic rings. The Morgan fingerprint density at radius 3 is 1.55 bits per heavy atom. The van der Waals surface area contributed by atoms with Gasteiger partial charge < -0.3 is 0 Å². The van der Waals surface area contributed by atoms with Crippen molar-refractivity contribution < 1.29 is 0 Å². The first-order chi connectivity index (χ1) is 10.2. The Kier molecular flexibility index (Phi) is 6.87.